The average Bonchev–Trinajstić information content (AvgIpc) is 3.15. The van der Waals surface area contributed by atoms with Crippen molar-refractivity contribution in [2.24, 2.45) is 0 Å². The van der Waals surface area contributed by atoms with Crippen LogP contribution < -0.4 is 9.47 Å². The second-order valence-corrected chi connectivity index (χ2v) is 5.49. The molecule has 0 saturated heterocycles. The Morgan fingerprint density at radius 3 is 2.81 bits per heavy atom. The van der Waals surface area contributed by atoms with Gasteiger partial charge < -0.3 is 18.8 Å². The van der Waals surface area contributed by atoms with Crippen LogP contribution in [-0.2, 0) is 11.3 Å². The predicted octanol–water partition coefficient (Wildman–Crippen LogP) is 3.23. The molecule has 0 radical (unpaired) electrons. The third-order valence-corrected chi connectivity index (χ3v) is 3.69. The summed E-state index contributed by atoms with van der Waals surface area (Å²) in [6.07, 6.45) is 6.16. The molecule has 0 amide bonds. The largest absolute Gasteiger partial charge is 0.515 e. The number of hydrogen-bond donors (Lipinski definition) is 0. The third-order valence-electron chi connectivity index (χ3n) is 3.69. The minimum atomic E-state index is -0.808. The van der Waals surface area contributed by atoms with E-state index in [2.05, 4.69) is 9.97 Å². The van der Waals surface area contributed by atoms with Crippen molar-refractivity contribution in [3.63, 3.8) is 0 Å². The minimum Gasteiger partial charge on any atom is -0.490 e. The van der Waals surface area contributed by atoms with Crippen molar-refractivity contribution >= 4 is 6.16 Å². The van der Waals surface area contributed by atoms with E-state index in [4.69, 9.17) is 14.2 Å². The van der Waals surface area contributed by atoms with Gasteiger partial charge in [0.15, 0.2) is 0 Å². The van der Waals surface area contributed by atoms with E-state index in [0.29, 0.717) is 0 Å². The van der Waals surface area contributed by atoms with E-state index < -0.39 is 6.16 Å². The van der Waals surface area contributed by atoms with Crippen LogP contribution in [0.25, 0.3) is 0 Å². The molecule has 7 nitrogen and oxygen atoms in total. The van der Waals surface area contributed by atoms with Crippen molar-refractivity contribution in [1.82, 2.24) is 14.5 Å². The van der Waals surface area contributed by atoms with Crippen molar-refractivity contribution in [3.8, 4) is 11.6 Å². The molecule has 0 aliphatic heterocycles. The molecule has 0 spiro atoms. The number of nitrogens with zero attached hydrogens (tertiary/aromatic N) is 3. The van der Waals surface area contributed by atoms with E-state index in [1.807, 2.05) is 35.9 Å². The van der Waals surface area contributed by atoms with E-state index in [9.17, 15) is 4.79 Å². The molecule has 0 bridgehead atoms. The molecule has 134 valence electrons. The summed E-state index contributed by atoms with van der Waals surface area (Å²) in [5, 5.41) is 0. The molecule has 2 heterocycles. The lowest BCUT2D eigenvalue weighted by Gasteiger charge is -2.13. The predicted molar refractivity (Wildman–Crippen MR) is 94.2 cm³/mol. The van der Waals surface area contributed by atoms with Crippen LogP contribution in [0.5, 0.6) is 11.6 Å². The fraction of sp³-hybridized carbons (Fsp3) is 0.211. The number of imidazole rings is 1. The van der Waals surface area contributed by atoms with Crippen molar-refractivity contribution in [2.45, 2.75) is 13.5 Å². The lowest BCUT2D eigenvalue weighted by molar-refractivity contribution is 0.0833. The average molecular weight is 353 g/mol. The van der Waals surface area contributed by atoms with Crippen LogP contribution in [0.1, 0.15) is 11.1 Å². The van der Waals surface area contributed by atoms with E-state index in [-0.39, 0.29) is 19.1 Å². The van der Waals surface area contributed by atoms with Gasteiger partial charge in [0.25, 0.3) is 0 Å². The van der Waals surface area contributed by atoms with Crippen LogP contribution in [0.4, 0.5) is 4.79 Å². The second-order valence-electron chi connectivity index (χ2n) is 5.49. The molecule has 0 aliphatic rings. The Morgan fingerprint density at radius 2 is 2.04 bits per heavy atom. The summed E-state index contributed by atoms with van der Waals surface area (Å²) in [7, 11) is 0. The Morgan fingerprint density at radius 1 is 1.12 bits per heavy atom. The Balaban J connectivity index is 1.46. The van der Waals surface area contributed by atoms with Crippen molar-refractivity contribution in [1.29, 1.82) is 0 Å². The van der Waals surface area contributed by atoms with E-state index >= 15 is 0 Å². The second kappa shape index (κ2) is 8.66. The summed E-state index contributed by atoms with van der Waals surface area (Å²) >= 11 is 0. The molecule has 0 N–H and O–H groups in total. The van der Waals surface area contributed by atoms with Gasteiger partial charge in [0, 0.05) is 31.2 Å². The maximum absolute atomic E-state index is 11.6. The fourth-order valence-electron chi connectivity index (χ4n) is 2.36. The van der Waals surface area contributed by atoms with Crippen LogP contribution in [0.15, 0.2) is 61.3 Å². The molecule has 2 aromatic heterocycles. The van der Waals surface area contributed by atoms with Crippen molar-refractivity contribution < 1.29 is 19.0 Å². The summed E-state index contributed by atoms with van der Waals surface area (Å²) in [5.41, 5.74) is 2.17. The topological polar surface area (TPSA) is 75.5 Å². The molecule has 0 aliphatic carbocycles. The first-order valence-corrected chi connectivity index (χ1v) is 8.15. The van der Waals surface area contributed by atoms with Gasteiger partial charge in [-0.05, 0) is 30.2 Å². The molecule has 0 fully saturated rings. The Hall–Kier alpha value is -3.35. The highest BCUT2D eigenvalue weighted by molar-refractivity contribution is 5.62. The molecule has 0 atom stereocenters. The van der Waals surface area contributed by atoms with Crippen LogP contribution >= 0.6 is 0 Å². The van der Waals surface area contributed by atoms with Gasteiger partial charge in [0.2, 0.25) is 5.88 Å². The maximum atomic E-state index is 11.6. The Kier molecular flexibility index (Phi) is 5.82. The molecule has 3 rings (SSSR count). The molecular formula is C19H19N3O4. The maximum Gasteiger partial charge on any atom is 0.515 e. The van der Waals surface area contributed by atoms with Gasteiger partial charge in [-0.25, -0.2) is 14.8 Å². The number of carbonyl (C=O) groups is 1. The molecule has 7 heteroatoms. The monoisotopic (exact) mass is 353 g/mol. The summed E-state index contributed by atoms with van der Waals surface area (Å²) in [6, 6.07) is 10.9. The first-order chi connectivity index (χ1) is 12.7. The molecule has 26 heavy (non-hydrogen) atoms. The van der Waals surface area contributed by atoms with E-state index in [1.165, 1.54) is 6.20 Å². The van der Waals surface area contributed by atoms with Crippen molar-refractivity contribution in [3.05, 3.63) is 72.4 Å². The normalized spacial score (nSPS) is 10.3. The summed E-state index contributed by atoms with van der Waals surface area (Å²) in [5.74, 6) is 0.950. The number of hydrogen-bond acceptors (Lipinski definition) is 6. The lowest BCUT2D eigenvalue weighted by Crippen LogP contribution is -2.16. The zero-order chi connectivity index (χ0) is 18.2. The van der Waals surface area contributed by atoms with Gasteiger partial charge in [-0.1, -0.05) is 18.2 Å². The van der Waals surface area contributed by atoms with Gasteiger partial charge in [0.05, 0.1) is 6.33 Å². The number of pyridine rings is 1. The summed E-state index contributed by atoms with van der Waals surface area (Å²) < 4.78 is 17.6. The lowest BCUT2D eigenvalue weighted by atomic mass is 10.1. The molecular weight excluding hydrogens is 334 g/mol. The SMILES string of the molecule is Cc1c(Cn2ccnc2)cccc1OCCOC(=O)Oc1ccccn1. The van der Waals surface area contributed by atoms with Crippen LogP contribution in [0.3, 0.4) is 0 Å². The Labute approximate surface area is 151 Å². The first kappa shape index (κ1) is 17.5. The Bertz CT molecular complexity index is 835. The standard InChI is InChI=1S/C19H19N3O4/c1-15-16(13-22-10-9-20-14-22)5-4-6-17(15)24-11-12-25-19(23)26-18-7-2-3-8-21-18/h2-10,14H,11-13H2,1H3. The first-order valence-electron chi connectivity index (χ1n) is 8.15. The number of benzene rings is 1. The van der Waals surface area contributed by atoms with Crippen LogP contribution in [0, 0.1) is 6.92 Å². The smallest absolute Gasteiger partial charge is 0.490 e. The number of aromatic nitrogens is 3. The zero-order valence-corrected chi connectivity index (χ0v) is 14.4. The van der Waals surface area contributed by atoms with Gasteiger partial charge in [-0.2, -0.15) is 0 Å². The van der Waals surface area contributed by atoms with Gasteiger partial charge in [-0.3, -0.25) is 0 Å². The molecule has 0 saturated carbocycles. The molecule has 0 unspecified atom stereocenters. The molecule has 3 aromatic rings. The van der Waals surface area contributed by atoms with Crippen LogP contribution in [0.2, 0.25) is 0 Å². The van der Waals surface area contributed by atoms with Crippen LogP contribution in [-0.4, -0.2) is 33.9 Å². The summed E-state index contributed by atoms with van der Waals surface area (Å²) in [6.45, 7) is 3.03. The minimum absolute atomic E-state index is 0.0802. The number of rotatable bonds is 7. The van der Waals surface area contributed by atoms with Gasteiger partial charge >= 0.3 is 6.16 Å². The highest BCUT2D eigenvalue weighted by atomic mass is 16.7. The van der Waals surface area contributed by atoms with Crippen molar-refractivity contribution in [2.75, 3.05) is 13.2 Å². The van der Waals surface area contributed by atoms with Gasteiger partial charge in [0.1, 0.15) is 19.0 Å². The quantitative estimate of drug-likeness (QED) is 0.479. The summed E-state index contributed by atoms with van der Waals surface area (Å²) in [4.78, 5) is 19.5. The zero-order valence-electron chi connectivity index (χ0n) is 14.4. The number of ether oxygens (including phenoxy) is 3. The number of carbonyl (C=O) groups excluding carboxylic acids is 1. The van der Waals surface area contributed by atoms with E-state index in [0.717, 1.165) is 23.4 Å². The van der Waals surface area contributed by atoms with E-state index in [1.54, 1.807) is 30.7 Å². The highest BCUT2D eigenvalue weighted by Crippen LogP contribution is 2.22. The third kappa shape index (κ3) is 4.83. The molecule has 1 aromatic carbocycles. The highest BCUT2D eigenvalue weighted by Gasteiger charge is 2.08. The fourth-order valence-corrected chi connectivity index (χ4v) is 2.36. The van der Waals surface area contributed by atoms with Gasteiger partial charge in [-0.15, -0.1) is 0 Å².